The molecule has 2 amide bonds. The Morgan fingerprint density at radius 2 is 1.77 bits per heavy atom. The second-order valence-electron chi connectivity index (χ2n) is 5.65. The highest BCUT2D eigenvalue weighted by Crippen LogP contribution is 2.29. The Labute approximate surface area is 166 Å². The number of hydrogen-bond donors (Lipinski definition) is 1. The summed E-state index contributed by atoms with van der Waals surface area (Å²) in [4.78, 5) is 25.4. The maximum Gasteiger partial charge on any atom is 0.253 e. The summed E-state index contributed by atoms with van der Waals surface area (Å²) < 4.78 is 1.74. The van der Waals surface area contributed by atoms with Crippen molar-refractivity contribution in [1.29, 1.82) is 0 Å². The number of carbonyl (C=O) groups is 2. The number of carbonyl (C=O) groups excluding carboxylic acids is 2. The predicted octanol–water partition coefficient (Wildman–Crippen LogP) is 3.86. The first-order valence-electron chi connectivity index (χ1n) is 8.20. The Kier molecular flexibility index (Phi) is 8.40. The molecule has 2 aromatic rings. The Bertz CT molecular complexity index is 732. The van der Waals surface area contributed by atoms with Crippen LogP contribution in [0, 0.1) is 0 Å². The molecule has 0 aliphatic heterocycles. The summed E-state index contributed by atoms with van der Waals surface area (Å²) in [7, 11) is 3.41. The van der Waals surface area contributed by atoms with Crippen LogP contribution in [0.4, 0.5) is 5.69 Å². The highest BCUT2D eigenvalue weighted by molar-refractivity contribution is 8.03. The standard InChI is InChI=1S/C17H22N4O2S3/c1-4-5-10-24-16-19-20-17(26-16)25-11-14(22)18-13-8-6-12(7-9-13)15(23)21(2)3/h6-9H,4-5,10-11H2,1-3H3,(H,18,22). The van der Waals surface area contributed by atoms with E-state index in [1.807, 2.05) is 0 Å². The number of benzene rings is 1. The molecule has 0 bridgehead atoms. The lowest BCUT2D eigenvalue weighted by Crippen LogP contribution is -2.21. The Morgan fingerprint density at radius 3 is 2.38 bits per heavy atom. The van der Waals surface area contributed by atoms with Crippen LogP contribution in [0.1, 0.15) is 30.1 Å². The number of nitrogens with one attached hydrogen (secondary N) is 1. The van der Waals surface area contributed by atoms with Gasteiger partial charge < -0.3 is 10.2 Å². The van der Waals surface area contributed by atoms with Gasteiger partial charge in [-0.05, 0) is 30.7 Å². The van der Waals surface area contributed by atoms with Gasteiger partial charge in [-0.3, -0.25) is 9.59 Å². The molecule has 140 valence electrons. The van der Waals surface area contributed by atoms with Gasteiger partial charge in [-0.15, -0.1) is 10.2 Å². The Balaban J connectivity index is 1.79. The molecule has 0 aliphatic rings. The third-order valence-corrected chi connectivity index (χ3v) is 6.54. The van der Waals surface area contributed by atoms with E-state index in [0.29, 0.717) is 11.3 Å². The van der Waals surface area contributed by atoms with Crippen LogP contribution in [0.25, 0.3) is 0 Å². The van der Waals surface area contributed by atoms with Crippen LogP contribution in [0.5, 0.6) is 0 Å². The van der Waals surface area contributed by atoms with E-state index in [2.05, 4.69) is 22.4 Å². The number of aromatic nitrogens is 2. The fourth-order valence-electron chi connectivity index (χ4n) is 1.90. The van der Waals surface area contributed by atoms with Crippen molar-refractivity contribution in [2.45, 2.75) is 28.4 Å². The molecule has 0 atom stereocenters. The first-order chi connectivity index (χ1) is 12.5. The molecule has 0 radical (unpaired) electrons. The number of nitrogens with zero attached hydrogens (tertiary/aromatic N) is 3. The van der Waals surface area contributed by atoms with Crippen LogP contribution in [0.2, 0.25) is 0 Å². The number of thioether (sulfide) groups is 2. The van der Waals surface area contributed by atoms with Gasteiger partial charge in [0.05, 0.1) is 5.75 Å². The quantitative estimate of drug-likeness (QED) is 0.500. The van der Waals surface area contributed by atoms with Gasteiger partial charge in [-0.25, -0.2) is 0 Å². The molecule has 0 saturated carbocycles. The van der Waals surface area contributed by atoms with Crippen LogP contribution in [0.15, 0.2) is 32.9 Å². The van der Waals surface area contributed by atoms with E-state index in [9.17, 15) is 9.59 Å². The van der Waals surface area contributed by atoms with Gasteiger partial charge in [0.25, 0.3) is 5.91 Å². The predicted molar refractivity (Wildman–Crippen MR) is 109 cm³/mol. The molecule has 0 fully saturated rings. The largest absolute Gasteiger partial charge is 0.345 e. The van der Waals surface area contributed by atoms with Gasteiger partial charge in [-0.1, -0.05) is 48.2 Å². The normalized spacial score (nSPS) is 10.6. The minimum atomic E-state index is -0.114. The molecule has 0 saturated heterocycles. The zero-order valence-electron chi connectivity index (χ0n) is 15.0. The van der Waals surface area contributed by atoms with E-state index in [4.69, 9.17) is 0 Å². The molecular weight excluding hydrogens is 388 g/mol. The van der Waals surface area contributed by atoms with Crippen molar-refractivity contribution in [3.05, 3.63) is 29.8 Å². The van der Waals surface area contributed by atoms with Gasteiger partial charge in [-0.2, -0.15) is 0 Å². The van der Waals surface area contributed by atoms with Crippen molar-refractivity contribution >= 4 is 52.4 Å². The van der Waals surface area contributed by atoms with Gasteiger partial charge in [0.15, 0.2) is 8.68 Å². The second-order valence-corrected chi connectivity index (χ2v) is 9.19. The SMILES string of the molecule is CCCCSc1nnc(SCC(=O)Nc2ccc(C(=O)N(C)C)cc2)s1. The van der Waals surface area contributed by atoms with Crippen LogP contribution in [-0.2, 0) is 4.79 Å². The summed E-state index contributed by atoms with van der Waals surface area (Å²) in [5.74, 6) is 1.13. The Morgan fingerprint density at radius 1 is 1.12 bits per heavy atom. The first kappa shape index (κ1) is 20.7. The highest BCUT2D eigenvalue weighted by Gasteiger charge is 2.10. The number of amides is 2. The lowest BCUT2D eigenvalue weighted by atomic mass is 10.2. The van der Waals surface area contributed by atoms with E-state index >= 15 is 0 Å². The third kappa shape index (κ3) is 6.62. The maximum absolute atomic E-state index is 12.1. The molecule has 1 aromatic carbocycles. The second kappa shape index (κ2) is 10.5. The van der Waals surface area contributed by atoms with Crippen molar-refractivity contribution in [3.8, 4) is 0 Å². The van der Waals surface area contributed by atoms with Crippen LogP contribution >= 0.6 is 34.9 Å². The molecule has 26 heavy (non-hydrogen) atoms. The molecule has 9 heteroatoms. The highest BCUT2D eigenvalue weighted by atomic mass is 32.2. The maximum atomic E-state index is 12.1. The number of rotatable bonds is 9. The van der Waals surface area contributed by atoms with E-state index in [1.165, 1.54) is 28.0 Å². The summed E-state index contributed by atoms with van der Waals surface area (Å²) in [5.41, 5.74) is 1.25. The topological polar surface area (TPSA) is 75.2 Å². The summed E-state index contributed by atoms with van der Waals surface area (Å²) in [6.45, 7) is 2.16. The van der Waals surface area contributed by atoms with Crippen LogP contribution < -0.4 is 5.32 Å². The van der Waals surface area contributed by atoms with E-state index in [-0.39, 0.29) is 17.6 Å². The fraction of sp³-hybridized carbons (Fsp3) is 0.412. The molecule has 6 nitrogen and oxygen atoms in total. The minimum Gasteiger partial charge on any atom is -0.345 e. The molecular formula is C17H22N4O2S3. The molecule has 1 N–H and O–H groups in total. The minimum absolute atomic E-state index is 0.0673. The van der Waals surface area contributed by atoms with Crippen molar-refractivity contribution in [1.82, 2.24) is 15.1 Å². The number of unbranched alkanes of at least 4 members (excludes halogenated alkanes) is 1. The van der Waals surface area contributed by atoms with Gasteiger partial charge >= 0.3 is 0 Å². The lowest BCUT2D eigenvalue weighted by Gasteiger charge is -2.10. The first-order valence-corrected chi connectivity index (χ1v) is 11.0. The van der Waals surface area contributed by atoms with Crippen LogP contribution in [-0.4, -0.2) is 52.5 Å². The molecule has 0 aliphatic carbocycles. The van der Waals surface area contributed by atoms with Crippen LogP contribution in [0.3, 0.4) is 0 Å². The average Bonchev–Trinajstić information content (AvgIpc) is 3.08. The van der Waals surface area contributed by atoms with Crippen molar-refractivity contribution < 1.29 is 9.59 Å². The third-order valence-electron chi connectivity index (χ3n) is 3.26. The monoisotopic (exact) mass is 410 g/mol. The van der Waals surface area contributed by atoms with Crippen molar-refractivity contribution in [2.24, 2.45) is 0 Å². The van der Waals surface area contributed by atoms with Crippen molar-refractivity contribution in [3.63, 3.8) is 0 Å². The van der Waals surface area contributed by atoms with Gasteiger partial charge in [0.2, 0.25) is 5.91 Å². The summed E-state index contributed by atoms with van der Waals surface area (Å²) in [6, 6.07) is 6.87. The number of anilines is 1. The lowest BCUT2D eigenvalue weighted by molar-refractivity contribution is -0.113. The zero-order valence-corrected chi connectivity index (χ0v) is 17.5. The van der Waals surface area contributed by atoms with E-state index < -0.39 is 0 Å². The van der Waals surface area contributed by atoms with Gasteiger partial charge in [0.1, 0.15) is 0 Å². The van der Waals surface area contributed by atoms with E-state index in [0.717, 1.165) is 27.3 Å². The molecule has 0 unspecified atom stereocenters. The molecule has 2 rings (SSSR count). The summed E-state index contributed by atoms with van der Waals surface area (Å²) in [5, 5.41) is 11.1. The summed E-state index contributed by atoms with van der Waals surface area (Å²) >= 11 is 4.61. The zero-order chi connectivity index (χ0) is 18.9. The molecule has 1 aromatic heterocycles. The average molecular weight is 411 g/mol. The smallest absolute Gasteiger partial charge is 0.253 e. The molecule has 1 heterocycles. The van der Waals surface area contributed by atoms with Gasteiger partial charge in [0, 0.05) is 31.1 Å². The summed E-state index contributed by atoms with van der Waals surface area (Å²) in [6.07, 6.45) is 2.33. The fourth-order valence-corrected chi connectivity index (χ4v) is 4.87. The van der Waals surface area contributed by atoms with Crippen molar-refractivity contribution in [2.75, 3.05) is 30.9 Å². The van der Waals surface area contributed by atoms with E-state index in [1.54, 1.807) is 50.1 Å². The molecule has 0 spiro atoms. The number of hydrogen-bond acceptors (Lipinski definition) is 7. The Hall–Kier alpha value is -1.58.